The number of likely N-dealkylation sites (N-methyl/N-ethyl adjacent to an activating group) is 1. The Labute approximate surface area is 397 Å². The molecule has 0 spiro atoms. The molecule has 0 aliphatic rings. The van der Waals surface area contributed by atoms with Gasteiger partial charge in [-0.3, -0.25) is 13.8 Å². The van der Waals surface area contributed by atoms with Crippen LogP contribution < -0.4 is 0 Å². The third kappa shape index (κ3) is 51.2. The molecular weight excluding hydrogens is 830 g/mol. The van der Waals surface area contributed by atoms with Crippen molar-refractivity contribution in [1.29, 1.82) is 0 Å². The number of phosphoric acid groups is 1. The van der Waals surface area contributed by atoms with Crippen LogP contribution in [-0.4, -0.2) is 75.6 Å². The van der Waals surface area contributed by atoms with Gasteiger partial charge in [0, 0.05) is 13.0 Å². The molecule has 1 N–H and O–H groups in total. The van der Waals surface area contributed by atoms with Gasteiger partial charge in [0.05, 0.1) is 34.4 Å². The van der Waals surface area contributed by atoms with Gasteiger partial charge in [-0.1, -0.05) is 173 Å². The quantitative estimate of drug-likeness (QED) is 0.0214. The summed E-state index contributed by atoms with van der Waals surface area (Å²) in [5, 5.41) is 0. The van der Waals surface area contributed by atoms with Gasteiger partial charge in [-0.15, -0.1) is 0 Å². The second-order valence-electron chi connectivity index (χ2n) is 16.7. The topological polar surface area (TPSA) is 91.3 Å². The van der Waals surface area contributed by atoms with Gasteiger partial charge in [0.15, 0.2) is 0 Å². The highest BCUT2D eigenvalue weighted by Gasteiger charge is 2.26. The molecule has 0 aliphatic heterocycles. The second kappa shape index (κ2) is 46.9. The molecule has 366 valence electrons. The Morgan fingerprint density at radius 1 is 0.477 bits per heavy atom. The summed E-state index contributed by atoms with van der Waals surface area (Å²) in [7, 11) is 1.58. The number of carbonyl (C=O) groups excluding carboxylic acids is 1. The van der Waals surface area contributed by atoms with Gasteiger partial charge in [0.25, 0.3) is 0 Å². The van der Waals surface area contributed by atoms with E-state index in [1.807, 2.05) is 21.1 Å². The van der Waals surface area contributed by atoms with Crippen molar-refractivity contribution in [3.8, 4) is 0 Å². The van der Waals surface area contributed by atoms with Gasteiger partial charge in [-0.2, -0.15) is 0 Å². The summed E-state index contributed by atoms with van der Waals surface area (Å²) in [5.41, 5.74) is 0. The summed E-state index contributed by atoms with van der Waals surface area (Å²) >= 11 is 0. The maximum absolute atomic E-state index is 12.7. The second-order valence-corrected chi connectivity index (χ2v) is 18.2. The number of hydrogen-bond acceptors (Lipinski definition) is 6. The molecule has 0 saturated carbocycles. The van der Waals surface area contributed by atoms with Crippen molar-refractivity contribution in [3.05, 3.63) is 146 Å². The van der Waals surface area contributed by atoms with Gasteiger partial charge < -0.3 is 18.9 Å². The van der Waals surface area contributed by atoms with Crippen LogP contribution in [0.4, 0.5) is 0 Å². The Morgan fingerprint density at radius 2 is 0.846 bits per heavy atom. The average molecular weight is 921 g/mol. The van der Waals surface area contributed by atoms with E-state index in [0.29, 0.717) is 24.1 Å². The molecule has 8 nitrogen and oxygen atoms in total. The largest absolute Gasteiger partial charge is 0.472 e. The highest BCUT2D eigenvalue weighted by atomic mass is 31.2. The fraction of sp³-hybridized carbons (Fsp3) is 0.554. The van der Waals surface area contributed by atoms with Crippen molar-refractivity contribution in [2.45, 2.75) is 148 Å². The van der Waals surface area contributed by atoms with E-state index in [9.17, 15) is 14.3 Å². The van der Waals surface area contributed by atoms with Crippen molar-refractivity contribution in [3.63, 3.8) is 0 Å². The lowest BCUT2D eigenvalue weighted by molar-refractivity contribution is -0.870. The molecule has 0 heterocycles. The maximum atomic E-state index is 12.7. The SMILES string of the molecule is CC/C=C\C/C=C\C/C=C\C/C=C\C/C=C\C/C=C\C/C=C\CCCC(=O)OC(COCCCCCC/C=C\C/C=C\C/C=C\C/C=C\C/C=C\CC)COP(=O)(O)OCC[N+](C)(C)C. The molecule has 0 rings (SSSR count). The number of allylic oxidation sites excluding steroid dienone is 24. The highest BCUT2D eigenvalue weighted by molar-refractivity contribution is 7.47. The van der Waals surface area contributed by atoms with E-state index in [4.69, 9.17) is 18.5 Å². The van der Waals surface area contributed by atoms with Crippen LogP contribution in [0.3, 0.4) is 0 Å². The summed E-state index contributed by atoms with van der Waals surface area (Å²) in [4.78, 5) is 23.0. The van der Waals surface area contributed by atoms with E-state index in [1.165, 1.54) is 0 Å². The summed E-state index contributed by atoms with van der Waals surface area (Å²) in [5.74, 6) is -0.388. The lowest BCUT2D eigenvalue weighted by atomic mass is 10.1. The number of unbranched alkanes of at least 4 members (excludes halogenated alkanes) is 5. The van der Waals surface area contributed by atoms with Crippen molar-refractivity contribution in [2.24, 2.45) is 0 Å². The number of phosphoric ester groups is 1. The standard InChI is InChI=1S/C56H90NO7P/c1-6-8-10-12-14-16-18-20-22-24-26-28-29-30-31-33-35-37-39-41-43-45-47-49-56(58)64-55(54-63-65(59,60)62-52-50-57(3,4)5)53-61-51-48-46-44-42-40-38-36-34-32-27-25-23-21-19-17-15-13-11-9-7-2/h8-11,14-17,20-23,26-28,30-32,35-38,41,43,55H,6-7,12-13,18-19,24-25,29,33-34,39-40,42,44-54H2,1-5H3/p+1/b10-8-,11-9-,16-14-,17-15-,22-20-,23-21-,28-26-,31-30-,32-27-,37-35-,38-36-,43-41-. The molecule has 0 radical (unpaired) electrons. The molecule has 2 unspecified atom stereocenters. The maximum Gasteiger partial charge on any atom is 0.472 e. The van der Waals surface area contributed by atoms with E-state index >= 15 is 0 Å². The molecule has 65 heavy (non-hydrogen) atoms. The Bertz CT molecular complexity index is 1540. The molecule has 0 aromatic rings. The molecule has 0 aromatic carbocycles. The molecule has 2 atom stereocenters. The first-order valence-corrected chi connectivity index (χ1v) is 26.1. The number of esters is 1. The van der Waals surface area contributed by atoms with Crippen LogP contribution in [0.2, 0.25) is 0 Å². The normalized spacial score (nSPS) is 14.9. The number of ether oxygens (including phenoxy) is 2. The fourth-order valence-corrected chi connectivity index (χ4v) is 6.43. The fourth-order valence-electron chi connectivity index (χ4n) is 5.68. The minimum atomic E-state index is -4.32. The minimum Gasteiger partial charge on any atom is -0.457 e. The van der Waals surface area contributed by atoms with Crippen molar-refractivity contribution >= 4 is 13.8 Å². The first-order valence-electron chi connectivity index (χ1n) is 24.6. The molecule has 0 bridgehead atoms. The smallest absolute Gasteiger partial charge is 0.457 e. The van der Waals surface area contributed by atoms with Crippen LogP contribution in [-0.2, 0) is 27.9 Å². The first-order chi connectivity index (χ1) is 31.6. The summed E-state index contributed by atoms with van der Waals surface area (Å²) in [6.07, 6.45) is 70.4. The zero-order valence-electron chi connectivity index (χ0n) is 41.4. The molecule has 0 fully saturated rings. The number of quaternary nitrogens is 1. The molecule has 9 heteroatoms. The van der Waals surface area contributed by atoms with E-state index in [-0.39, 0.29) is 32.2 Å². The minimum absolute atomic E-state index is 0.0624. The van der Waals surface area contributed by atoms with E-state index in [0.717, 1.165) is 116 Å². The van der Waals surface area contributed by atoms with Gasteiger partial charge in [0.2, 0.25) is 0 Å². The predicted molar refractivity (Wildman–Crippen MR) is 279 cm³/mol. The molecule has 0 amide bonds. The Balaban J connectivity index is 4.39. The average Bonchev–Trinajstić information content (AvgIpc) is 3.27. The van der Waals surface area contributed by atoms with E-state index in [2.05, 4.69) is 160 Å². The zero-order valence-corrected chi connectivity index (χ0v) is 42.3. The van der Waals surface area contributed by atoms with Crippen molar-refractivity contribution in [2.75, 3.05) is 54.1 Å². The summed E-state index contributed by atoms with van der Waals surface area (Å²) < 4.78 is 35.0. The van der Waals surface area contributed by atoms with Crippen LogP contribution in [0.5, 0.6) is 0 Å². The van der Waals surface area contributed by atoms with Gasteiger partial charge in [0.1, 0.15) is 19.3 Å². The lowest BCUT2D eigenvalue weighted by Crippen LogP contribution is -2.37. The summed E-state index contributed by atoms with van der Waals surface area (Å²) in [6.45, 7) is 5.20. The van der Waals surface area contributed by atoms with Crippen LogP contribution >= 0.6 is 7.82 Å². The predicted octanol–water partition coefficient (Wildman–Crippen LogP) is 15.3. The third-order valence-corrected chi connectivity index (χ3v) is 10.4. The van der Waals surface area contributed by atoms with E-state index in [1.54, 1.807) is 0 Å². The Hall–Kier alpha value is -3.62. The van der Waals surface area contributed by atoms with E-state index < -0.39 is 13.9 Å². The van der Waals surface area contributed by atoms with Gasteiger partial charge >= 0.3 is 13.8 Å². The van der Waals surface area contributed by atoms with Gasteiger partial charge in [-0.25, -0.2) is 4.57 Å². The monoisotopic (exact) mass is 921 g/mol. The van der Waals surface area contributed by atoms with Crippen LogP contribution in [0, 0.1) is 0 Å². The van der Waals surface area contributed by atoms with Crippen molar-refractivity contribution in [1.82, 2.24) is 0 Å². The lowest BCUT2D eigenvalue weighted by Gasteiger charge is -2.24. The molecule has 0 aromatic heterocycles. The van der Waals surface area contributed by atoms with Gasteiger partial charge in [-0.05, 0) is 109 Å². The third-order valence-electron chi connectivity index (χ3n) is 9.40. The molecule has 0 saturated heterocycles. The number of nitrogens with zero attached hydrogens (tertiary/aromatic N) is 1. The number of hydrogen-bond donors (Lipinski definition) is 1. The first kappa shape index (κ1) is 61.4. The molecular formula is C56H91NO7P+. The molecule has 0 aliphatic carbocycles. The van der Waals surface area contributed by atoms with Crippen LogP contribution in [0.25, 0.3) is 0 Å². The Kier molecular flexibility index (Phi) is 44.3. The van der Waals surface area contributed by atoms with Crippen molar-refractivity contribution < 1.29 is 37.3 Å². The van der Waals surface area contributed by atoms with Crippen LogP contribution in [0.15, 0.2) is 146 Å². The Morgan fingerprint density at radius 3 is 1.25 bits per heavy atom. The van der Waals surface area contributed by atoms with Crippen LogP contribution in [0.1, 0.15) is 142 Å². The number of rotatable bonds is 43. The zero-order chi connectivity index (χ0) is 47.6. The number of carbonyl (C=O) groups is 1. The summed E-state index contributed by atoms with van der Waals surface area (Å²) in [6, 6.07) is 0. The highest BCUT2D eigenvalue weighted by Crippen LogP contribution is 2.43.